The largest absolute Gasteiger partial charge is 0.489 e. The van der Waals surface area contributed by atoms with E-state index < -0.39 is 29.5 Å². The number of hydrogen-bond acceptors (Lipinski definition) is 3. The van der Waals surface area contributed by atoms with Gasteiger partial charge in [0.05, 0.1) is 17.0 Å². The van der Waals surface area contributed by atoms with Gasteiger partial charge in [-0.25, -0.2) is 0 Å². The lowest BCUT2D eigenvalue weighted by atomic mass is 10.1. The number of carbonyl (C=O) groups is 2. The van der Waals surface area contributed by atoms with E-state index in [4.69, 9.17) is 10.5 Å². The van der Waals surface area contributed by atoms with Crippen molar-refractivity contribution in [2.45, 2.75) is 12.6 Å². The van der Waals surface area contributed by atoms with Crippen LogP contribution < -0.4 is 10.5 Å². The molecule has 0 spiro atoms. The van der Waals surface area contributed by atoms with E-state index in [0.717, 1.165) is 18.2 Å². The van der Waals surface area contributed by atoms with Crippen molar-refractivity contribution in [2.75, 3.05) is 19.7 Å². The highest BCUT2D eigenvalue weighted by atomic mass is 19.4. The van der Waals surface area contributed by atoms with Gasteiger partial charge in [-0.1, -0.05) is 12.7 Å². The Morgan fingerprint density at radius 3 is 2.67 bits per heavy atom. The molecule has 1 heterocycles. The third kappa shape index (κ3) is 3.87. The molecule has 1 aromatic carbocycles. The number of hydrogen-bond donors (Lipinski definition) is 1. The van der Waals surface area contributed by atoms with Crippen LogP contribution in [0.1, 0.15) is 22.3 Å². The lowest BCUT2D eigenvalue weighted by Gasteiger charge is -2.19. The van der Waals surface area contributed by atoms with Crippen LogP contribution in [0.25, 0.3) is 0 Å². The predicted octanol–water partition coefficient (Wildman–Crippen LogP) is 2.22. The van der Waals surface area contributed by atoms with Gasteiger partial charge in [-0.15, -0.1) is 0 Å². The van der Waals surface area contributed by atoms with Gasteiger partial charge in [0, 0.05) is 13.1 Å². The minimum absolute atomic E-state index is 0.0374. The first-order valence-electron chi connectivity index (χ1n) is 7.27. The molecule has 130 valence electrons. The molecule has 1 fully saturated rings. The zero-order chi connectivity index (χ0) is 17.9. The maximum atomic E-state index is 12.9. The van der Waals surface area contributed by atoms with Crippen LogP contribution >= 0.6 is 0 Å². The number of alkyl halides is 3. The third-order valence-corrected chi connectivity index (χ3v) is 3.77. The molecule has 1 aliphatic heterocycles. The van der Waals surface area contributed by atoms with Gasteiger partial charge in [-0.2, -0.15) is 13.2 Å². The fourth-order valence-corrected chi connectivity index (χ4v) is 2.50. The summed E-state index contributed by atoms with van der Waals surface area (Å²) in [6.45, 7) is 3.86. The summed E-state index contributed by atoms with van der Waals surface area (Å²) in [5.41, 5.74) is 4.07. The van der Waals surface area contributed by atoms with Gasteiger partial charge in [0.15, 0.2) is 0 Å². The SMILES string of the molecule is C=CCOc1ccc(C(F)(F)F)cc1C(=O)N1CCC(C(N)=O)C1. The second-order valence-electron chi connectivity index (χ2n) is 5.45. The average molecular weight is 342 g/mol. The Balaban J connectivity index is 2.32. The highest BCUT2D eigenvalue weighted by molar-refractivity contribution is 5.97. The molecule has 24 heavy (non-hydrogen) atoms. The smallest absolute Gasteiger partial charge is 0.416 e. The Kier molecular flexibility index (Phi) is 5.16. The Morgan fingerprint density at radius 2 is 2.12 bits per heavy atom. The van der Waals surface area contributed by atoms with Gasteiger partial charge in [0.25, 0.3) is 5.91 Å². The van der Waals surface area contributed by atoms with E-state index in [2.05, 4.69) is 6.58 Å². The topological polar surface area (TPSA) is 72.6 Å². The van der Waals surface area contributed by atoms with Gasteiger partial charge >= 0.3 is 6.18 Å². The molecular weight excluding hydrogens is 325 g/mol. The van der Waals surface area contributed by atoms with Crippen LogP contribution in [-0.4, -0.2) is 36.4 Å². The number of primary amides is 1. The van der Waals surface area contributed by atoms with Crippen LogP contribution in [0.2, 0.25) is 0 Å². The van der Waals surface area contributed by atoms with Crippen molar-refractivity contribution in [1.29, 1.82) is 0 Å². The van der Waals surface area contributed by atoms with Crippen molar-refractivity contribution < 1.29 is 27.5 Å². The van der Waals surface area contributed by atoms with Crippen molar-refractivity contribution in [2.24, 2.45) is 11.7 Å². The molecule has 5 nitrogen and oxygen atoms in total. The van der Waals surface area contributed by atoms with Gasteiger partial charge in [-0.05, 0) is 24.6 Å². The van der Waals surface area contributed by atoms with Crippen molar-refractivity contribution in [3.05, 3.63) is 42.0 Å². The zero-order valence-corrected chi connectivity index (χ0v) is 12.8. The van der Waals surface area contributed by atoms with Crippen molar-refractivity contribution in [3.8, 4) is 5.75 Å². The summed E-state index contributed by atoms with van der Waals surface area (Å²) in [7, 11) is 0. The highest BCUT2D eigenvalue weighted by Crippen LogP contribution is 2.33. The Morgan fingerprint density at radius 1 is 1.42 bits per heavy atom. The van der Waals surface area contributed by atoms with Crippen LogP contribution in [0.3, 0.4) is 0 Å². The first kappa shape index (κ1) is 17.8. The molecule has 2 amide bonds. The molecule has 1 aromatic rings. The predicted molar refractivity (Wildman–Crippen MR) is 80.3 cm³/mol. The average Bonchev–Trinajstić information content (AvgIpc) is 3.01. The highest BCUT2D eigenvalue weighted by Gasteiger charge is 2.35. The third-order valence-electron chi connectivity index (χ3n) is 3.77. The first-order valence-corrected chi connectivity index (χ1v) is 7.27. The second kappa shape index (κ2) is 6.94. The quantitative estimate of drug-likeness (QED) is 0.834. The fraction of sp³-hybridized carbons (Fsp3) is 0.375. The number of benzene rings is 1. The number of rotatable bonds is 5. The zero-order valence-electron chi connectivity index (χ0n) is 12.8. The van der Waals surface area contributed by atoms with E-state index in [1.165, 1.54) is 11.0 Å². The number of halogens is 3. The number of likely N-dealkylation sites (tertiary alicyclic amines) is 1. The van der Waals surface area contributed by atoms with Crippen molar-refractivity contribution in [3.63, 3.8) is 0 Å². The standard InChI is InChI=1S/C16H17F3N2O3/c1-2-7-24-13-4-3-11(16(17,18)19)8-12(13)15(23)21-6-5-10(9-21)14(20)22/h2-4,8,10H,1,5-7,9H2,(H2,20,22). The van der Waals surface area contributed by atoms with Crippen LogP contribution in [0.5, 0.6) is 5.75 Å². The number of nitrogens with two attached hydrogens (primary N) is 1. The first-order chi connectivity index (χ1) is 11.2. The molecule has 0 saturated carbocycles. The molecule has 1 saturated heterocycles. The van der Waals surface area contributed by atoms with Crippen LogP contribution in [-0.2, 0) is 11.0 Å². The maximum Gasteiger partial charge on any atom is 0.416 e. The van der Waals surface area contributed by atoms with E-state index in [1.54, 1.807) is 0 Å². The van der Waals surface area contributed by atoms with E-state index in [1.807, 2.05) is 0 Å². The van der Waals surface area contributed by atoms with E-state index in [0.29, 0.717) is 6.42 Å². The van der Waals surface area contributed by atoms with Gasteiger partial charge in [0.2, 0.25) is 5.91 Å². The molecule has 1 aliphatic rings. The number of amides is 2. The molecule has 2 rings (SSSR count). The Bertz CT molecular complexity index is 658. The minimum atomic E-state index is -4.58. The monoisotopic (exact) mass is 342 g/mol. The van der Waals surface area contributed by atoms with E-state index in [9.17, 15) is 22.8 Å². The number of carbonyl (C=O) groups excluding carboxylic acids is 2. The fourth-order valence-electron chi connectivity index (χ4n) is 2.50. The Hall–Kier alpha value is -2.51. The van der Waals surface area contributed by atoms with Gasteiger partial charge in [-0.3, -0.25) is 9.59 Å². The summed E-state index contributed by atoms with van der Waals surface area (Å²) in [5.74, 6) is -1.60. The summed E-state index contributed by atoms with van der Waals surface area (Å²) in [6, 6.07) is 2.73. The van der Waals surface area contributed by atoms with Crippen molar-refractivity contribution in [1.82, 2.24) is 4.90 Å². The maximum absolute atomic E-state index is 12.9. The lowest BCUT2D eigenvalue weighted by Crippen LogP contribution is -2.32. The molecule has 1 atom stereocenters. The number of nitrogens with zero attached hydrogens (tertiary/aromatic N) is 1. The second-order valence-corrected chi connectivity index (χ2v) is 5.45. The van der Waals surface area contributed by atoms with Gasteiger partial charge < -0.3 is 15.4 Å². The summed E-state index contributed by atoms with van der Waals surface area (Å²) < 4.78 is 44.0. The molecule has 0 aromatic heterocycles. The van der Waals surface area contributed by atoms with E-state index >= 15 is 0 Å². The molecule has 8 heteroatoms. The normalized spacial score (nSPS) is 17.6. The molecule has 1 unspecified atom stereocenters. The van der Waals surface area contributed by atoms with Crippen LogP contribution in [0, 0.1) is 5.92 Å². The van der Waals surface area contributed by atoms with Gasteiger partial charge in [0.1, 0.15) is 12.4 Å². The number of ether oxygens (including phenoxy) is 1. The van der Waals surface area contributed by atoms with E-state index in [-0.39, 0.29) is 31.0 Å². The summed E-state index contributed by atoms with van der Waals surface area (Å²) >= 11 is 0. The summed E-state index contributed by atoms with van der Waals surface area (Å²) in [6.07, 6.45) is -2.76. The summed E-state index contributed by atoms with van der Waals surface area (Å²) in [4.78, 5) is 25.1. The minimum Gasteiger partial charge on any atom is -0.489 e. The van der Waals surface area contributed by atoms with Crippen LogP contribution in [0.4, 0.5) is 13.2 Å². The molecule has 0 radical (unpaired) electrons. The van der Waals surface area contributed by atoms with Crippen LogP contribution in [0.15, 0.2) is 30.9 Å². The molecular formula is C16H17F3N2O3. The Labute approximate surface area is 136 Å². The molecule has 0 bridgehead atoms. The summed E-state index contributed by atoms with van der Waals surface area (Å²) in [5, 5.41) is 0. The molecule has 2 N–H and O–H groups in total. The lowest BCUT2D eigenvalue weighted by molar-refractivity contribution is -0.137. The molecule has 0 aliphatic carbocycles. The van der Waals surface area contributed by atoms with Crippen molar-refractivity contribution >= 4 is 11.8 Å².